The van der Waals surface area contributed by atoms with Crippen LogP contribution in [0.25, 0.3) is 22.6 Å². The van der Waals surface area contributed by atoms with Crippen molar-refractivity contribution in [3.05, 3.63) is 53.1 Å². The van der Waals surface area contributed by atoms with E-state index in [4.69, 9.17) is 9.15 Å². The average Bonchev–Trinajstić information content (AvgIpc) is 3.48. The van der Waals surface area contributed by atoms with Gasteiger partial charge in [-0.1, -0.05) is 13.8 Å². The number of benzene rings is 2. The van der Waals surface area contributed by atoms with Gasteiger partial charge in [0.25, 0.3) is 5.91 Å². The monoisotopic (exact) mass is 488 g/mol. The number of ether oxygens (including phenoxy) is 1. The van der Waals surface area contributed by atoms with Crippen molar-refractivity contribution in [1.82, 2.24) is 15.2 Å². The molecule has 0 aliphatic carbocycles. The van der Waals surface area contributed by atoms with Crippen LogP contribution in [-0.4, -0.2) is 47.1 Å². The lowest BCUT2D eigenvalue weighted by Gasteiger charge is -2.24. The lowest BCUT2D eigenvalue weighted by molar-refractivity contribution is 0.0288. The molecule has 1 atom stereocenters. The van der Waals surface area contributed by atoms with Crippen LogP contribution in [0, 0.1) is 17.2 Å². The number of fused-ring (bicyclic) bond motifs is 1. The third-order valence-electron chi connectivity index (χ3n) is 6.15. The van der Waals surface area contributed by atoms with Crippen molar-refractivity contribution in [2.45, 2.75) is 52.6 Å². The Morgan fingerprint density at radius 3 is 2.61 bits per heavy atom. The molecule has 0 bridgehead atoms. The van der Waals surface area contributed by atoms with Crippen LogP contribution in [0.4, 0.5) is 4.79 Å². The maximum Gasteiger partial charge on any atom is 0.410 e. The van der Waals surface area contributed by atoms with Gasteiger partial charge in [-0.05, 0) is 75.4 Å². The molecular weight excluding hydrogens is 456 g/mol. The number of carbonyl (C=O) groups is 2. The molecule has 0 spiro atoms. The van der Waals surface area contributed by atoms with E-state index in [1.807, 2.05) is 40.7 Å². The zero-order chi connectivity index (χ0) is 26.0. The summed E-state index contributed by atoms with van der Waals surface area (Å²) in [5, 5.41) is 12.3. The quantitative estimate of drug-likeness (QED) is 0.510. The highest BCUT2D eigenvalue weighted by atomic mass is 16.6. The van der Waals surface area contributed by atoms with Crippen LogP contribution in [0.15, 0.2) is 40.8 Å². The second-order valence-corrected chi connectivity index (χ2v) is 10.6. The van der Waals surface area contributed by atoms with E-state index in [0.29, 0.717) is 47.8 Å². The number of hydrogen-bond acceptors (Lipinski definition) is 6. The minimum atomic E-state index is -0.524. The fourth-order valence-corrected chi connectivity index (χ4v) is 4.27. The largest absolute Gasteiger partial charge is 0.444 e. The van der Waals surface area contributed by atoms with Crippen LogP contribution in [-0.2, 0) is 4.74 Å². The van der Waals surface area contributed by atoms with Crippen molar-refractivity contribution in [2.75, 3.05) is 19.6 Å². The van der Waals surface area contributed by atoms with Crippen molar-refractivity contribution in [1.29, 1.82) is 5.26 Å². The lowest BCUT2D eigenvalue weighted by Crippen LogP contribution is -2.36. The molecule has 4 rings (SSSR count). The smallest absolute Gasteiger partial charge is 0.410 e. The van der Waals surface area contributed by atoms with Crippen molar-refractivity contribution in [3.8, 4) is 17.5 Å². The Bertz CT molecular complexity index is 1310. The molecule has 0 saturated carbocycles. The molecule has 1 aliphatic rings. The third kappa shape index (κ3) is 5.68. The van der Waals surface area contributed by atoms with E-state index in [-0.39, 0.29) is 23.8 Å². The maximum atomic E-state index is 12.7. The average molecular weight is 489 g/mol. The highest BCUT2D eigenvalue weighted by Crippen LogP contribution is 2.31. The van der Waals surface area contributed by atoms with Crippen LogP contribution >= 0.6 is 0 Å². The molecule has 1 fully saturated rings. The van der Waals surface area contributed by atoms with E-state index >= 15 is 0 Å². The van der Waals surface area contributed by atoms with Crippen LogP contribution in [0.1, 0.15) is 68.4 Å². The Kier molecular flexibility index (Phi) is 7.02. The first kappa shape index (κ1) is 25.2. The summed E-state index contributed by atoms with van der Waals surface area (Å²) >= 11 is 0. The summed E-state index contributed by atoms with van der Waals surface area (Å²) in [6.07, 6.45) is 0.512. The fourth-order valence-electron chi connectivity index (χ4n) is 4.27. The van der Waals surface area contributed by atoms with Crippen LogP contribution in [0.2, 0.25) is 0 Å². The molecule has 1 saturated heterocycles. The van der Waals surface area contributed by atoms with Gasteiger partial charge < -0.3 is 19.4 Å². The first-order valence-electron chi connectivity index (χ1n) is 12.2. The first-order chi connectivity index (χ1) is 17.0. The van der Waals surface area contributed by atoms with Gasteiger partial charge in [0, 0.05) is 36.3 Å². The van der Waals surface area contributed by atoms with Crippen LogP contribution in [0.5, 0.6) is 0 Å². The predicted molar refractivity (Wildman–Crippen MR) is 136 cm³/mol. The molecule has 2 amide bonds. The Labute approximate surface area is 211 Å². The minimum absolute atomic E-state index is 0.171. The molecule has 0 radical (unpaired) electrons. The van der Waals surface area contributed by atoms with Gasteiger partial charge in [0.05, 0.1) is 11.6 Å². The first-order valence-corrected chi connectivity index (χ1v) is 12.2. The number of likely N-dealkylation sites (tertiary alicyclic amines) is 1. The summed E-state index contributed by atoms with van der Waals surface area (Å²) in [5.74, 6) is 0.649. The SMILES string of the molecule is CC(C)c1cc(C#N)cc2nc(-c3ccc(C(=O)NCC4CCN(C(=O)OC(C)(C)C)C4)cc3)oc12. The van der Waals surface area contributed by atoms with Gasteiger partial charge in [0.1, 0.15) is 11.1 Å². The summed E-state index contributed by atoms with van der Waals surface area (Å²) in [6, 6.07) is 12.8. The highest BCUT2D eigenvalue weighted by molar-refractivity contribution is 5.94. The number of aromatic nitrogens is 1. The summed E-state index contributed by atoms with van der Waals surface area (Å²) in [7, 11) is 0. The zero-order valence-electron chi connectivity index (χ0n) is 21.4. The topological polar surface area (TPSA) is 108 Å². The Morgan fingerprint density at radius 1 is 1.25 bits per heavy atom. The predicted octanol–water partition coefficient (Wildman–Crippen LogP) is 5.48. The molecule has 36 heavy (non-hydrogen) atoms. The lowest BCUT2D eigenvalue weighted by atomic mass is 10.00. The van der Waals surface area contributed by atoms with Gasteiger partial charge >= 0.3 is 6.09 Å². The second kappa shape index (κ2) is 10.0. The second-order valence-electron chi connectivity index (χ2n) is 10.6. The molecule has 2 aromatic carbocycles. The number of nitriles is 1. The number of nitrogens with zero attached hydrogens (tertiary/aromatic N) is 3. The standard InChI is InChI=1S/C28H32N4O4/c1-17(2)22-12-19(14-29)13-23-24(22)35-26(31-23)21-8-6-20(7-9-21)25(33)30-15-18-10-11-32(16-18)27(34)36-28(3,4)5/h6-9,12-13,17-18H,10-11,15-16H2,1-5H3,(H,30,33). The number of carbonyl (C=O) groups excluding carboxylic acids is 2. The van der Waals surface area contributed by atoms with E-state index in [1.54, 1.807) is 35.2 Å². The highest BCUT2D eigenvalue weighted by Gasteiger charge is 2.30. The molecule has 1 aliphatic heterocycles. The number of amides is 2. The van der Waals surface area contributed by atoms with E-state index in [1.165, 1.54) is 0 Å². The van der Waals surface area contributed by atoms with Gasteiger partial charge in [-0.2, -0.15) is 5.26 Å². The Hall–Kier alpha value is -3.86. The summed E-state index contributed by atoms with van der Waals surface area (Å²) in [6.45, 7) is 11.3. The third-order valence-corrected chi connectivity index (χ3v) is 6.15. The van der Waals surface area contributed by atoms with Gasteiger partial charge in [-0.15, -0.1) is 0 Å². The maximum absolute atomic E-state index is 12.7. The van der Waals surface area contributed by atoms with E-state index in [2.05, 4.69) is 16.4 Å². The van der Waals surface area contributed by atoms with Crippen molar-refractivity contribution in [2.24, 2.45) is 5.92 Å². The van der Waals surface area contributed by atoms with Crippen molar-refractivity contribution in [3.63, 3.8) is 0 Å². The summed E-state index contributed by atoms with van der Waals surface area (Å²) < 4.78 is 11.5. The molecule has 188 valence electrons. The van der Waals surface area contributed by atoms with Crippen molar-refractivity contribution < 1.29 is 18.7 Å². The van der Waals surface area contributed by atoms with E-state index in [9.17, 15) is 14.9 Å². The van der Waals surface area contributed by atoms with Gasteiger partial charge in [-0.3, -0.25) is 4.79 Å². The number of hydrogen-bond donors (Lipinski definition) is 1. The van der Waals surface area contributed by atoms with Crippen molar-refractivity contribution >= 4 is 23.1 Å². The number of nitrogens with one attached hydrogen (secondary N) is 1. The normalized spacial score (nSPS) is 15.8. The van der Waals surface area contributed by atoms with E-state index < -0.39 is 5.60 Å². The molecular formula is C28H32N4O4. The molecule has 8 heteroatoms. The van der Waals surface area contributed by atoms with Gasteiger partial charge in [-0.25, -0.2) is 9.78 Å². The summed E-state index contributed by atoms with van der Waals surface area (Å²) in [5.41, 5.74) is 3.57. The molecule has 1 unspecified atom stereocenters. The van der Waals surface area contributed by atoms with Gasteiger partial charge in [0.15, 0.2) is 5.58 Å². The fraction of sp³-hybridized carbons (Fsp3) is 0.429. The Balaban J connectivity index is 1.38. The molecule has 1 N–H and O–H groups in total. The molecule has 3 aromatic rings. The van der Waals surface area contributed by atoms with E-state index in [0.717, 1.165) is 17.5 Å². The van der Waals surface area contributed by atoms with Gasteiger partial charge in [0.2, 0.25) is 5.89 Å². The van der Waals surface area contributed by atoms with Crippen LogP contribution in [0.3, 0.4) is 0 Å². The zero-order valence-corrected chi connectivity index (χ0v) is 21.4. The summed E-state index contributed by atoms with van der Waals surface area (Å²) in [4.78, 5) is 31.2. The minimum Gasteiger partial charge on any atom is -0.444 e. The Morgan fingerprint density at radius 2 is 1.97 bits per heavy atom. The molecule has 2 heterocycles. The van der Waals surface area contributed by atoms with Crippen LogP contribution < -0.4 is 5.32 Å². The number of rotatable bonds is 5. The molecule has 1 aromatic heterocycles. The number of oxazole rings is 1. The molecule has 8 nitrogen and oxygen atoms in total.